The molecular formula is C11H11NO2S. The van der Waals surface area contributed by atoms with Crippen LogP contribution in [-0.4, -0.2) is 24.5 Å². The van der Waals surface area contributed by atoms with Crippen LogP contribution in [0.3, 0.4) is 0 Å². The van der Waals surface area contributed by atoms with E-state index in [1.807, 2.05) is 6.07 Å². The molecule has 0 spiro atoms. The van der Waals surface area contributed by atoms with Gasteiger partial charge in [0.05, 0.1) is 12.2 Å². The number of carbonyl (C=O) groups is 2. The third-order valence-corrected chi connectivity index (χ3v) is 2.91. The Kier molecular flexibility index (Phi) is 2.52. The zero-order valence-corrected chi connectivity index (χ0v) is 9.25. The molecule has 0 saturated carbocycles. The Hall–Kier alpha value is -1.29. The molecule has 0 saturated heterocycles. The molecule has 4 heteroatoms. The number of hydrogen-bond acceptors (Lipinski definition) is 3. The molecular weight excluding hydrogens is 210 g/mol. The maximum atomic E-state index is 11.4. The van der Waals surface area contributed by atoms with Crippen LogP contribution in [0.5, 0.6) is 0 Å². The van der Waals surface area contributed by atoms with E-state index in [-0.39, 0.29) is 17.4 Å². The molecule has 0 aliphatic carbocycles. The highest BCUT2D eigenvalue weighted by Gasteiger charge is 2.24. The maximum Gasteiger partial charge on any atom is 0.231 e. The summed E-state index contributed by atoms with van der Waals surface area (Å²) in [6, 6.07) is 5.35. The van der Waals surface area contributed by atoms with Crippen molar-refractivity contribution in [1.82, 2.24) is 0 Å². The molecule has 1 amide bonds. The van der Waals surface area contributed by atoms with Gasteiger partial charge in [-0.3, -0.25) is 9.59 Å². The van der Waals surface area contributed by atoms with E-state index in [1.165, 1.54) is 0 Å². The molecule has 0 unspecified atom stereocenters. The molecule has 1 aliphatic heterocycles. The summed E-state index contributed by atoms with van der Waals surface area (Å²) in [5.74, 6) is 0.256. The highest BCUT2D eigenvalue weighted by Crippen LogP contribution is 2.28. The molecule has 1 aromatic carbocycles. The molecule has 0 bridgehead atoms. The summed E-state index contributed by atoms with van der Waals surface area (Å²) in [6.07, 6.45) is 0.388. The summed E-state index contributed by atoms with van der Waals surface area (Å²) in [5.41, 5.74) is 2.46. The van der Waals surface area contributed by atoms with Crippen LogP contribution in [0.2, 0.25) is 0 Å². The van der Waals surface area contributed by atoms with Gasteiger partial charge in [0.2, 0.25) is 5.91 Å². The van der Waals surface area contributed by atoms with Gasteiger partial charge in [-0.05, 0) is 23.8 Å². The highest BCUT2D eigenvalue weighted by atomic mass is 32.1. The summed E-state index contributed by atoms with van der Waals surface area (Å²) in [5, 5.41) is 0. The second-order valence-corrected chi connectivity index (χ2v) is 3.87. The number of ketones is 1. The molecule has 0 atom stereocenters. The Bertz CT molecular complexity index is 442. The van der Waals surface area contributed by atoms with Gasteiger partial charge >= 0.3 is 0 Å². The van der Waals surface area contributed by atoms with Crippen molar-refractivity contribution in [2.24, 2.45) is 0 Å². The molecule has 0 N–H and O–H groups in total. The van der Waals surface area contributed by atoms with Crippen LogP contribution >= 0.6 is 12.6 Å². The average Bonchev–Trinajstić information content (AvgIpc) is 2.53. The quantitative estimate of drug-likeness (QED) is 0.604. The van der Waals surface area contributed by atoms with E-state index >= 15 is 0 Å². The van der Waals surface area contributed by atoms with Crippen molar-refractivity contribution in [2.45, 2.75) is 6.42 Å². The minimum absolute atomic E-state index is 0.0110. The molecule has 1 heterocycles. The molecule has 0 radical (unpaired) electrons. The van der Waals surface area contributed by atoms with Crippen LogP contribution in [-0.2, 0) is 11.2 Å². The van der Waals surface area contributed by atoms with Gasteiger partial charge in [-0.15, -0.1) is 0 Å². The van der Waals surface area contributed by atoms with Crippen LogP contribution in [0, 0.1) is 0 Å². The fourth-order valence-electron chi connectivity index (χ4n) is 1.73. The number of thiol groups is 1. The fraction of sp³-hybridized carbons (Fsp3) is 0.273. The second kappa shape index (κ2) is 3.70. The van der Waals surface area contributed by atoms with Crippen molar-refractivity contribution in [3.63, 3.8) is 0 Å². The molecule has 3 nitrogen and oxygen atoms in total. The lowest BCUT2D eigenvalue weighted by molar-refractivity contribution is -0.117. The molecule has 1 aromatic rings. The van der Waals surface area contributed by atoms with Crippen molar-refractivity contribution < 1.29 is 9.59 Å². The minimum Gasteiger partial charge on any atom is -0.315 e. The van der Waals surface area contributed by atoms with Crippen LogP contribution in [0.4, 0.5) is 5.69 Å². The van der Waals surface area contributed by atoms with E-state index in [0.29, 0.717) is 12.0 Å². The SMILES string of the molecule is CN1C(=O)Cc2cc(C(=O)CS)ccc21. The normalized spacial score (nSPS) is 14.3. The third kappa shape index (κ3) is 1.65. The number of carbonyl (C=O) groups excluding carboxylic acids is 2. The van der Waals surface area contributed by atoms with E-state index in [0.717, 1.165) is 11.3 Å². The van der Waals surface area contributed by atoms with Gasteiger partial charge < -0.3 is 4.90 Å². The number of hydrogen-bond donors (Lipinski definition) is 1. The number of fused-ring (bicyclic) bond motifs is 1. The summed E-state index contributed by atoms with van der Waals surface area (Å²) in [6.45, 7) is 0. The van der Waals surface area contributed by atoms with Gasteiger partial charge in [0.15, 0.2) is 5.78 Å². The van der Waals surface area contributed by atoms with E-state index in [4.69, 9.17) is 0 Å². The van der Waals surface area contributed by atoms with Gasteiger partial charge in [0.25, 0.3) is 0 Å². The number of likely N-dealkylation sites (N-methyl/N-ethyl adjacent to an activating group) is 1. The number of rotatable bonds is 2. The van der Waals surface area contributed by atoms with E-state index in [2.05, 4.69) is 12.6 Å². The number of anilines is 1. The largest absolute Gasteiger partial charge is 0.315 e. The minimum atomic E-state index is -0.0110. The van der Waals surface area contributed by atoms with Gasteiger partial charge in [-0.2, -0.15) is 12.6 Å². The Labute approximate surface area is 93.5 Å². The monoisotopic (exact) mass is 221 g/mol. The molecule has 1 aliphatic rings. The third-order valence-electron chi connectivity index (χ3n) is 2.62. The first-order valence-electron chi connectivity index (χ1n) is 4.67. The number of benzene rings is 1. The maximum absolute atomic E-state index is 11.4. The molecule has 15 heavy (non-hydrogen) atoms. The van der Waals surface area contributed by atoms with E-state index in [9.17, 15) is 9.59 Å². The van der Waals surface area contributed by atoms with Crippen LogP contribution in [0.15, 0.2) is 18.2 Å². The van der Waals surface area contributed by atoms with Crippen LogP contribution in [0.25, 0.3) is 0 Å². The van der Waals surface area contributed by atoms with Crippen molar-refractivity contribution in [2.75, 3.05) is 17.7 Å². The Morgan fingerprint density at radius 1 is 1.53 bits per heavy atom. The molecule has 2 rings (SSSR count). The first kappa shape index (κ1) is 10.2. The van der Waals surface area contributed by atoms with Gasteiger partial charge in [0, 0.05) is 18.3 Å². The molecule has 78 valence electrons. The van der Waals surface area contributed by atoms with Gasteiger partial charge in [-0.1, -0.05) is 0 Å². The van der Waals surface area contributed by atoms with Crippen molar-refractivity contribution in [3.8, 4) is 0 Å². The summed E-state index contributed by atoms with van der Waals surface area (Å²) in [7, 11) is 1.74. The number of nitrogens with zero attached hydrogens (tertiary/aromatic N) is 1. The fourth-order valence-corrected chi connectivity index (χ4v) is 1.92. The molecule has 0 fully saturated rings. The van der Waals surface area contributed by atoms with Crippen LogP contribution < -0.4 is 4.90 Å². The van der Waals surface area contributed by atoms with Gasteiger partial charge in [-0.25, -0.2) is 0 Å². The average molecular weight is 221 g/mol. The van der Waals surface area contributed by atoms with E-state index in [1.54, 1.807) is 24.1 Å². The Balaban J connectivity index is 2.42. The molecule has 0 aromatic heterocycles. The van der Waals surface area contributed by atoms with Crippen molar-refractivity contribution in [3.05, 3.63) is 29.3 Å². The predicted molar refractivity (Wildman–Crippen MR) is 61.7 cm³/mol. The van der Waals surface area contributed by atoms with Crippen LogP contribution in [0.1, 0.15) is 15.9 Å². The summed E-state index contributed by atoms with van der Waals surface area (Å²) in [4.78, 5) is 24.4. The van der Waals surface area contributed by atoms with E-state index < -0.39 is 0 Å². The smallest absolute Gasteiger partial charge is 0.231 e. The number of Topliss-reactive ketones (excluding diaryl/α,β-unsaturated/α-hetero) is 1. The van der Waals surface area contributed by atoms with Crippen molar-refractivity contribution in [1.29, 1.82) is 0 Å². The zero-order valence-electron chi connectivity index (χ0n) is 8.36. The predicted octanol–water partition coefficient (Wildman–Crippen LogP) is 1.32. The van der Waals surface area contributed by atoms with Crippen molar-refractivity contribution >= 4 is 30.0 Å². The standard InChI is InChI=1S/C11H11NO2S/c1-12-9-3-2-7(10(13)6-15)4-8(9)5-11(12)14/h2-4,15H,5-6H2,1H3. The highest BCUT2D eigenvalue weighted by molar-refractivity contribution is 7.81. The first-order chi connectivity index (χ1) is 7.13. The lowest BCUT2D eigenvalue weighted by Gasteiger charge is -2.09. The first-order valence-corrected chi connectivity index (χ1v) is 5.30. The Morgan fingerprint density at radius 3 is 2.93 bits per heavy atom. The lowest BCUT2D eigenvalue weighted by Crippen LogP contribution is -2.20. The summed E-state index contributed by atoms with van der Waals surface area (Å²) >= 11 is 3.94. The second-order valence-electron chi connectivity index (χ2n) is 3.55. The number of amides is 1. The topological polar surface area (TPSA) is 37.4 Å². The zero-order chi connectivity index (χ0) is 11.0. The lowest BCUT2D eigenvalue weighted by atomic mass is 10.1. The summed E-state index contributed by atoms with van der Waals surface area (Å²) < 4.78 is 0. The Morgan fingerprint density at radius 2 is 2.27 bits per heavy atom. The van der Waals surface area contributed by atoms with Gasteiger partial charge in [0.1, 0.15) is 0 Å².